The van der Waals surface area contributed by atoms with E-state index in [1.54, 1.807) is 30.3 Å². The predicted molar refractivity (Wildman–Crippen MR) is 82.2 cm³/mol. The minimum atomic E-state index is -0.986. The Hall–Kier alpha value is -2.62. The van der Waals surface area contributed by atoms with E-state index in [1.807, 2.05) is 24.0 Å². The maximum absolute atomic E-state index is 13.9. The van der Waals surface area contributed by atoms with Gasteiger partial charge in [-0.25, -0.2) is 9.18 Å². The van der Waals surface area contributed by atoms with Crippen molar-refractivity contribution in [2.75, 3.05) is 11.4 Å². The Bertz CT molecular complexity index is 650. The van der Waals surface area contributed by atoms with Gasteiger partial charge in [0.15, 0.2) is 0 Å². The van der Waals surface area contributed by atoms with Gasteiger partial charge in [-0.05, 0) is 42.8 Å². The molecular formula is C17H16FNO2. The lowest BCUT2D eigenvalue weighted by Gasteiger charge is -2.23. The molecule has 0 atom stereocenters. The molecule has 1 N–H and O–H groups in total. The number of hydrogen-bond acceptors (Lipinski definition) is 2. The van der Waals surface area contributed by atoms with E-state index in [0.717, 1.165) is 17.3 Å². The van der Waals surface area contributed by atoms with Gasteiger partial charge in [0.2, 0.25) is 0 Å². The first kappa shape index (κ1) is 14.8. The Morgan fingerprint density at radius 1 is 1.19 bits per heavy atom. The molecule has 0 saturated heterocycles. The second-order valence-corrected chi connectivity index (χ2v) is 4.46. The second-order valence-electron chi connectivity index (χ2n) is 4.46. The fourth-order valence-corrected chi connectivity index (χ4v) is 2.10. The van der Waals surface area contributed by atoms with E-state index in [2.05, 4.69) is 0 Å². The number of para-hydroxylation sites is 1. The maximum Gasteiger partial charge on any atom is 0.328 e. The first-order valence-electron chi connectivity index (χ1n) is 6.65. The van der Waals surface area contributed by atoms with Crippen LogP contribution in [-0.4, -0.2) is 17.6 Å². The number of halogens is 1. The molecule has 0 saturated carbocycles. The van der Waals surface area contributed by atoms with Crippen LogP contribution in [0, 0.1) is 5.82 Å². The van der Waals surface area contributed by atoms with Gasteiger partial charge in [-0.3, -0.25) is 0 Å². The molecular weight excluding hydrogens is 269 g/mol. The fraction of sp³-hybridized carbons (Fsp3) is 0.118. The summed E-state index contributed by atoms with van der Waals surface area (Å²) in [6.07, 6.45) is 2.61. The molecule has 108 valence electrons. The molecule has 21 heavy (non-hydrogen) atoms. The molecule has 2 aromatic carbocycles. The van der Waals surface area contributed by atoms with Crippen LogP contribution in [0.3, 0.4) is 0 Å². The van der Waals surface area contributed by atoms with Gasteiger partial charge in [0.25, 0.3) is 0 Å². The highest BCUT2D eigenvalue weighted by Crippen LogP contribution is 2.27. The van der Waals surface area contributed by atoms with Crippen LogP contribution in [0.5, 0.6) is 0 Å². The molecule has 3 nitrogen and oxygen atoms in total. The van der Waals surface area contributed by atoms with Crippen LogP contribution in [0.25, 0.3) is 6.08 Å². The number of benzene rings is 2. The maximum atomic E-state index is 13.9. The summed E-state index contributed by atoms with van der Waals surface area (Å²) in [4.78, 5) is 12.3. The Balaban J connectivity index is 2.28. The van der Waals surface area contributed by atoms with E-state index in [-0.39, 0.29) is 5.82 Å². The first-order valence-corrected chi connectivity index (χ1v) is 6.65. The van der Waals surface area contributed by atoms with Crippen LogP contribution in [-0.2, 0) is 4.79 Å². The molecule has 0 aliphatic rings. The normalized spacial score (nSPS) is 10.8. The quantitative estimate of drug-likeness (QED) is 0.841. The Morgan fingerprint density at radius 2 is 1.86 bits per heavy atom. The summed E-state index contributed by atoms with van der Waals surface area (Å²) in [5, 5.41) is 8.60. The van der Waals surface area contributed by atoms with E-state index in [4.69, 9.17) is 5.11 Å². The van der Waals surface area contributed by atoms with Gasteiger partial charge in [0.1, 0.15) is 5.82 Å². The number of nitrogens with zero attached hydrogens (tertiary/aromatic N) is 1. The lowest BCUT2D eigenvalue weighted by molar-refractivity contribution is -0.131. The number of aliphatic carboxylic acids is 1. The summed E-state index contributed by atoms with van der Waals surface area (Å²) < 4.78 is 13.9. The van der Waals surface area contributed by atoms with E-state index in [0.29, 0.717) is 12.2 Å². The zero-order chi connectivity index (χ0) is 15.2. The lowest BCUT2D eigenvalue weighted by Crippen LogP contribution is -2.17. The Morgan fingerprint density at radius 3 is 2.43 bits per heavy atom. The van der Waals surface area contributed by atoms with Crippen molar-refractivity contribution in [1.82, 2.24) is 0 Å². The third-order valence-electron chi connectivity index (χ3n) is 3.08. The van der Waals surface area contributed by atoms with E-state index in [1.165, 1.54) is 12.1 Å². The first-order chi connectivity index (χ1) is 10.1. The van der Waals surface area contributed by atoms with Crippen molar-refractivity contribution in [1.29, 1.82) is 0 Å². The monoisotopic (exact) mass is 285 g/mol. The van der Waals surface area contributed by atoms with Gasteiger partial charge in [0.05, 0.1) is 5.69 Å². The molecule has 0 spiro atoms. The van der Waals surface area contributed by atoms with Crippen molar-refractivity contribution >= 4 is 23.4 Å². The van der Waals surface area contributed by atoms with Crippen LogP contribution >= 0.6 is 0 Å². The van der Waals surface area contributed by atoms with E-state index in [9.17, 15) is 9.18 Å². The van der Waals surface area contributed by atoms with Gasteiger partial charge in [0, 0.05) is 18.3 Å². The molecule has 0 aliphatic carbocycles. The number of anilines is 2. The fourth-order valence-electron chi connectivity index (χ4n) is 2.10. The molecule has 2 rings (SSSR count). The second kappa shape index (κ2) is 6.70. The van der Waals surface area contributed by atoms with Crippen LogP contribution in [0.1, 0.15) is 12.5 Å². The van der Waals surface area contributed by atoms with Gasteiger partial charge in [-0.15, -0.1) is 0 Å². The van der Waals surface area contributed by atoms with Crippen molar-refractivity contribution in [2.45, 2.75) is 6.92 Å². The molecule has 0 amide bonds. The molecule has 0 heterocycles. The summed E-state index contributed by atoms with van der Waals surface area (Å²) in [6.45, 7) is 2.58. The summed E-state index contributed by atoms with van der Waals surface area (Å²) in [5.41, 5.74) is 2.16. The van der Waals surface area contributed by atoms with Crippen molar-refractivity contribution < 1.29 is 14.3 Å². The number of carboxylic acids is 1. The third-order valence-corrected chi connectivity index (χ3v) is 3.08. The Kier molecular flexibility index (Phi) is 4.72. The number of carbonyl (C=O) groups is 1. The van der Waals surface area contributed by atoms with Crippen molar-refractivity contribution in [3.05, 3.63) is 66.0 Å². The van der Waals surface area contributed by atoms with Crippen LogP contribution in [0.2, 0.25) is 0 Å². The smallest absolute Gasteiger partial charge is 0.328 e. The largest absolute Gasteiger partial charge is 0.478 e. The van der Waals surface area contributed by atoms with Crippen molar-refractivity contribution in [3.63, 3.8) is 0 Å². The average Bonchev–Trinajstić information content (AvgIpc) is 2.49. The number of hydrogen-bond donors (Lipinski definition) is 1. The standard InChI is InChI=1S/C17H16FNO2/c1-2-19(16-6-4-3-5-15(16)18)14-10-7-13(8-11-14)9-12-17(20)21/h3-12H,2H2,1H3,(H,20,21). The van der Waals surface area contributed by atoms with Gasteiger partial charge in [-0.2, -0.15) is 0 Å². The molecule has 0 unspecified atom stereocenters. The van der Waals surface area contributed by atoms with Crippen LogP contribution in [0.15, 0.2) is 54.6 Å². The summed E-state index contributed by atoms with van der Waals surface area (Å²) >= 11 is 0. The summed E-state index contributed by atoms with van der Waals surface area (Å²) in [5.74, 6) is -1.25. The average molecular weight is 285 g/mol. The molecule has 2 aromatic rings. The zero-order valence-corrected chi connectivity index (χ0v) is 11.7. The Labute approximate surface area is 123 Å². The van der Waals surface area contributed by atoms with E-state index >= 15 is 0 Å². The molecule has 0 fully saturated rings. The highest BCUT2D eigenvalue weighted by atomic mass is 19.1. The molecule has 0 radical (unpaired) electrons. The summed E-state index contributed by atoms with van der Waals surface area (Å²) in [6, 6.07) is 13.9. The lowest BCUT2D eigenvalue weighted by atomic mass is 10.1. The van der Waals surface area contributed by atoms with E-state index < -0.39 is 5.97 Å². The van der Waals surface area contributed by atoms with Crippen molar-refractivity contribution in [3.8, 4) is 0 Å². The number of carboxylic acid groups (broad SMARTS) is 1. The zero-order valence-electron chi connectivity index (χ0n) is 11.7. The topological polar surface area (TPSA) is 40.5 Å². The van der Waals surface area contributed by atoms with Crippen LogP contribution in [0.4, 0.5) is 15.8 Å². The van der Waals surface area contributed by atoms with Gasteiger partial charge in [-0.1, -0.05) is 24.3 Å². The predicted octanol–water partition coefficient (Wildman–Crippen LogP) is 4.08. The highest BCUT2D eigenvalue weighted by Gasteiger charge is 2.10. The van der Waals surface area contributed by atoms with Gasteiger partial charge < -0.3 is 10.0 Å². The molecule has 4 heteroatoms. The molecule has 0 aliphatic heterocycles. The van der Waals surface area contributed by atoms with Crippen molar-refractivity contribution in [2.24, 2.45) is 0 Å². The minimum Gasteiger partial charge on any atom is -0.478 e. The molecule has 0 aromatic heterocycles. The summed E-state index contributed by atoms with van der Waals surface area (Å²) in [7, 11) is 0. The highest BCUT2D eigenvalue weighted by molar-refractivity contribution is 5.85. The van der Waals surface area contributed by atoms with Gasteiger partial charge >= 0.3 is 5.97 Å². The minimum absolute atomic E-state index is 0.269. The SMILES string of the molecule is CCN(c1ccc(C=CC(=O)O)cc1)c1ccccc1F. The van der Waals surface area contributed by atoms with Crippen LogP contribution < -0.4 is 4.90 Å². The third kappa shape index (κ3) is 3.69. The molecule has 0 bridgehead atoms. The number of rotatable bonds is 5.